The molecule has 0 aliphatic rings. The number of aromatic nitrogens is 3. The fraction of sp³-hybridized carbons (Fsp3) is 0.182. The minimum absolute atomic E-state index is 0.323. The van der Waals surface area contributed by atoms with Gasteiger partial charge < -0.3 is 4.57 Å². The summed E-state index contributed by atoms with van der Waals surface area (Å²) < 4.78 is 15.5. The topological polar surface area (TPSA) is 76.9 Å². The highest BCUT2D eigenvalue weighted by molar-refractivity contribution is 5.95. The lowest BCUT2D eigenvalue weighted by atomic mass is 10.2. The average Bonchev–Trinajstić information content (AvgIpc) is 2.73. The lowest BCUT2D eigenvalue weighted by Gasteiger charge is -2.02. The van der Waals surface area contributed by atoms with Gasteiger partial charge in [-0.05, 0) is 6.07 Å². The lowest BCUT2D eigenvalue weighted by molar-refractivity contribution is 0.0970. The number of aromatic amines is 1. The summed E-state index contributed by atoms with van der Waals surface area (Å²) in [5, 5.41) is 0. The third kappa shape index (κ3) is 2.29. The van der Waals surface area contributed by atoms with Gasteiger partial charge >= 0.3 is 5.69 Å². The Balaban J connectivity index is 2.30. The number of aryl methyl sites for hydroxylation is 1. The molecule has 0 saturated carbocycles. The highest BCUT2D eigenvalue weighted by Gasteiger charge is 2.11. The molecule has 7 heteroatoms. The highest BCUT2D eigenvalue weighted by atomic mass is 19.1. The highest BCUT2D eigenvalue weighted by Crippen LogP contribution is 2.02. The van der Waals surface area contributed by atoms with E-state index in [0.29, 0.717) is 5.56 Å². The van der Waals surface area contributed by atoms with Crippen molar-refractivity contribution in [1.29, 1.82) is 0 Å². The molecule has 0 aliphatic heterocycles. The van der Waals surface area contributed by atoms with Gasteiger partial charge in [-0.15, -0.1) is 0 Å². The normalized spacial score (nSPS) is 10.6. The Morgan fingerprint density at radius 1 is 1.39 bits per heavy atom. The molecule has 6 nitrogen and oxygen atoms in total. The smallest absolute Gasteiger partial charge is 0.328 e. The zero-order valence-electron chi connectivity index (χ0n) is 9.51. The molecule has 0 bridgehead atoms. The van der Waals surface area contributed by atoms with E-state index >= 15 is 0 Å². The Morgan fingerprint density at radius 3 is 2.72 bits per heavy atom. The zero-order valence-corrected chi connectivity index (χ0v) is 9.51. The number of H-pyrrole nitrogens is 1. The van der Waals surface area contributed by atoms with Crippen molar-refractivity contribution in [3.05, 3.63) is 56.9 Å². The number of Topliss-reactive ketones (excluding diaryl/α,β-unsaturated/α-hetero) is 1. The Bertz CT molecular complexity index is 711. The molecular weight excluding hydrogens is 241 g/mol. The van der Waals surface area contributed by atoms with Crippen molar-refractivity contribution in [2.75, 3.05) is 0 Å². The van der Waals surface area contributed by atoms with Crippen LogP contribution in [0.5, 0.6) is 0 Å². The van der Waals surface area contributed by atoms with E-state index in [-0.39, 0.29) is 12.3 Å². The van der Waals surface area contributed by atoms with Gasteiger partial charge in [-0.3, -0.25) is 19.1 Å². The third-order valence-corrected chi connectivity index (χ3v) is 2.44. The van der Waals surface area contributed by atoms with Crippen LogP contribution in [0.2, 0.25) is 0 Å². The third-order valence-electron chi connectivity index (χ3n) is 2.44. The maximum atomic E-state index is 13.0. The van der Waals surface area contributed by atoms with Crippen LogP contribution >= 0.6 is 0 Å². The van der Waals surface area contributed by atoms with Crippen molar-refractivity contribution in [2.45, 2.75) is 6.54 Å². The Morgan fingerprint density at radius 2 is 2.11 bits per heavy atom. The predicted molar refractivity (Wildman–Crippen MR) is 61.0 cm³/mol. The van der Waals surface area contributed by atoms with Crippen molar-refractivity contribution in [2.24, 2.45) is 7.05 Å². The van der Waals surface area contributed by atoms with Gasteiger partial charge in [0.2, 0.25) is 5.82 Å². The fourth-order valence-electron chi connectivity index (χ4n) is 1.51. The first-order chi connectivity index (χ1) is 8.47. The van der Waals surface area contributed by atoms with Crippen LogP contribution in [0.15, 0.2) is 34.2 Å². The molecule has 94 valence electrons. The molecule has 0 radical (unpaired) electrons. The summed E-state index contributed by atoms with van der Waals surface area (Å²) in [5.74, 6) is -1.44. The SMILES string of the molecule is Cn1ccc(C(=O)Cn2cc(F)c(=O)[nH]c2=O)c1. The van der Waals surface area contributed by atoms with E-state index in [1.54, 1.807) is 35.1 Å². The molecule has 0 saturated heterocycles. The van der Waals surface area contributed by atoms with Crippen molar-refractivity contribution < 1.29 is 9.18 Å². The van der Waals surface area contributed by atoms with E-state index in [1.807, 2.05) is 0 Å². The van der Waals surface area contributed by atoms with Crippen LogP contribution in [0, 0.1) is 5.82 Å². The maximum Gasteiger partial charge on any atom is 0.328 e. The molecule has 0 aromatic carbocycles. The summed E-state index contributed by atoms with van der Waals surface area (Å²) >= 11 is 0. The van der Waals surface area contributed by atoms with Crippen molar-refractivity contribution >= 4 is 5.78 Å². The minimum atomic E-state index is -1.10. The number of hydrogen-bond acceptors (Lipinski definition) is 3. The largest absolute Gasteiger partial charge is 0.357 e. The van der Waals surface area contributed by atoms with E-state index in [2.05, 4.69) is 0 Å². The predicted octanol–water partition coefficient (Wildman–Crippen LogP) is -0.103. The molecule has 0 unspecified atom stereocenters. The molecule has 0 fully saturated rings. The van der Waals surface area contributed by atoms with Crippen molar-refractivity contribution in [3.63, 3.8) is 0 Å². The van der Waals surface area contributed by atoms with E-state index < -0.39 is 17.1 Å². The quantitative estimate of drug-likeness (QED) is 0.774. The molecule has 2 heterocycles. The second-order valence-electron chi connectivity index (χ2n) is 3.85. The second-order valence-corrected chi connectivity index (χ2v) is 3.85. The first-order valence-electron chi connectivity index (χ1n) is 5.12. The van der Waals surface area contributed by atoms with Crippen molar-refractivity contribution in [1.82, 2.24) is 14.1 Å². The number of hydrogen-bond donors (Lipinski definition) is 1. The first kappa shape index (κ1) is 12.0. The monoisotopic (exact) mass is 251 g/mol. The molecular formula is C11H10FN3O3. The molecule has 1 N–H and O–H groups in total. The molecule has 0 spiro atoms. The van der Waals surface area contributed by atoms with Gasteiger partial charge in [0, 0.05) is 25.0 Å². The Kier molecular flexibility index (Phi) is 2.97. The Labute approximate surface area is 100 Å². The van der Waals surface area contributed by atoms with E-state index in [9.17, 15) is 18.8 Å². The molecule has 18 heavy (non-hydrogen) atoms. The van der Waals surface area contributed by atoms with Crippen LogP contribution in [0.4, 0.5) is 4.39 Å². The lowest BCUT2D eigenvalue weighted by Crippen LogP contribution is -2.33. The molecule has 2 aromatic heterocycles. The van der Waals surface area contributed by atoms with Gasteiger partial charge in [0.05, 0.1) is 12.7 Å². The minimum Gasteiger partial charge on any atom is -0.357 e. The van der Waals surface area contributed by atoms with Gasteiger partial charge in [-0.25, -0.2) is 4.79 Å². The van der Waals surface area contributed by atoms with Crippen LogP contribution in [-0.4, -0.2) is 19.9 Å². The van der Waals surface area contributed by atoms with Gasteiger partial charge in [-0.2, -0.15) is 4.39 Å². The summed E-state index contributed by atoms with van der Waals surface area (Å²) in [4.78, 5) is 35.7. The number of carbonyl (C=O) groups is 1. The van der Waals surface area contributed by atoms with Crippen molar-refractivity contribution in [3.8, 4) is 0 Å². The average molecular weight is 251 g/mol. The van der Waals surface area contributed by atoms with Crippen LogP contribution in [0.1, 0.15) is 10.4 Å². The number of carbonyl (C=O) groups excluding carboxylic acids is 1. The van der Waals surface area contributed by atoms with Gasteiger partial charge in [0.25, 0.3) is 5.56 Å². The number of nitrogens with one attached hydrogen (secondary N) is 1. The summed E-state index contributed by atoms with van der Waals surface area (Å²) in [6.07, 6.45) is 4.00. The van der Waals surface area contributed by atoms with E-state index in [1.165, 1.54) is 0 Å². The first-order valence-corrected chi connectivity index (χ1v) is 5.12. The standard InChI is InChI=1S/C11H10FN3O3/c1-14-3-2-7(4-14)9(16)6-15-5-8(12)10(17)13-11(15)18/h2-5H,6H2,1H3,(H,13,17,18). The molecule has 0 atom stereocenters. The van der Waals surface area contributed by atoms with Gasteiger partial charge in [0.15, 0.2) is 5.78 Å². The van der Waals surface area contributed by atoms with Gasteiger partial charge in [0.1, 0.15) is 0 Å². The summed E-state index contributed by atoms with van der Waals surface area (Å²) in [7, 11) is 1.75. The maximum absolute atomic E-state index is 13.0. The summed E-state index contributed by atoms with van der Waals surface area (Å²) in [6.45, 7) is -0.323. The number of nitrogens with zero attached hydrogens (tertiary/aromatic N) is 2. The number of rotatable bonds is 3. The number of ketones is 1. The second kappa shape index (κ2) is 4.44. The van der Waals surface area contributed by atoms with Crippen LogP contribution in [-0.2, 0) is 13.6 Å². The summed E-state index contributed by atoms with van der Waals surface area (Å²) in [5.41, 5.74) is -1.50. The zero-order chi connectivity index (χ0) is 13.3. The van der Waals surface area contributed by atoms with E-state index in [4.69, 9.17) is 0 Å². The van der Waals surface area contributed by atoms with Gasteiger partial charge in [-0.1, -0.05) is 0 Å². The summed E-state index contributed by atoms with van der Waals surface area (Å²) in [6, 6.07) is 1.59. The van der Waals surface area contributed by atoms with Crippen LogP contribution < -0.4 is 11.2 Å². The molecule has 0 amide bonds. The number of halogens is 1. The van der Waals surface area contributed by atoms with E-state index in [0.717, 1.165) is 10.8 Å². The van der Waals surface area contributed by atoms with Crippen LogP contribution in [0.25, 0.3) is 0 Å². The molecule has 0 aliphatic carbocycles. The molecule has 2 rings (SSSR count). The van der Waals surface area contributed by atoms with Crippen LogP contribution in [0.3, 0.4) is 0 Å². The molecule has 2 aromatic rings. The Hall–Kier alpha value is -2.44. The fourth-order valence-corrected chi connectivity index (χ4v) is 1.51.